The van der Waals surface area contributed by atoms with E-state index in [1.165, 1.54) is 11.3 Å². The van der Waals surface area contributed by atoms with Crippen LogP contribution in [0.1, 0.15) is 38.7 Å². The highest BCUT2D eigenvalue weighted by Gasteiger charge is 2.27. The molecule has 1 aromatic rings. The third-order valence-electron chi connectivity index (χ3n) is 5.31. The van der Waals surface area contributed by atoms with E-state index in [0.717, 1.165) is 25.8 Å². The second-order valence-electron chi connectivity index (χ2n) is 7.15. The summed E-state index contributed by atoms with van der Waals surface area (Å²) in [6.45, 7) is 6.44. The van der Waals surface area contributed by atoms with E-state index in [1.807, 2.05) is 6.92 Å². The molecule has 1 unspecified atom stereocenters. The number of para-hydroxylation sites is 1. The lowest BCUT2D eigenvalue weighted by Gasteiger charge is -2.32. The third kappa shape index (κ3) is 4.29. The van der Waals surface area contributed by atoms with Crippen molar-refractivity contribution in [2.45, 2.75) is 51.6 Å². The predicted octanol–water partition coefficient (Wildman–Crippen LogP) is 2.56. The van der Waals surface area contributed by atoms with E-state index < -0.39 is 0 Å². The molecule has 0 aliphatic carbocycles. The molecule has 142 valence electrons. The quantitative estimate of drug-likeness (QED) is 0.878. The van der Waals surface area contributed by atoms with Crippen LogP contribution >= 0.6 is 0 Å². The van der Waals surface area contributed by atoms with Gasteiger partial charge in [0.15, 0.2) is 0 Å². The lowest BCUT2D eigenvalue weighted by atomic mass is 10.1. The van der Waals surface area contributed by atoms with Crippen LogP contribution in [0.5, 0.6) is 0 Å². The van der Waals surface area contributed by atoms with Crippen molar-refractivity contribution in [3.63, 3.8) is 0 Å². The molecule has 1 atom stereocenters. The fourth-order valence-electron chi connectivity index (χ4n) is 3.91. The van der Waals surface area contributed by atoms with Crippen LogP contribution in [0.2, 0.25) is 0 Å². The summed E-state index contributed by atoms with van der Waals surface area (Å²) in [5.74, 6) is 0.0937. The number of nitrogens with one attached hydrogen (secondary N) is 1. The molecule has 2 aliphatic rings. The smallest absolute Gasteiger partial charge is 0.409 e. The van der Waals surface area contributed by atoms with Gasteiger partial charge in [-0.2, -0.15) is 0 Å². The Morgan fingerprint density at radius 2 is 1.96 bits per heavy atom. The van der Waals surface area contributed by atoms with Crippen LogP contribution in [0, 0.1) is 0 Å². The Kier molecular flexibility index (Phi) is 6.01. The lowest BCUT2D eigenvalue weighted by Crippen LogP contribution is -2.47. The van der Waals surface area contributed by atoms with E-state index in [2.05, 4.69) is 41.4 Å². The molecule has 2 heterocycles. The third-order valence-corrected chi connectivity index (χ3v) is 5.31. The van der Waals surface area contributed by atoms with E-state index in [0.29, 0.717) is 32.2 Å². The molecule has 0 saturated carbocycles. The number of hydrogen-bond acceptors (Lipinski definition) is 4. The van der Waals surface area contributed by atoms with Gasteiger partial charge in [-0.3, -0.25) is 4.79 Å². The van der Waals surface area contributed by atoms with Crippen LogP contribution in [0.3, 0.4) is 0 Å². The highest BCUT2D eigenvalue weighted by Crippen LogP contribution is 2.31. The zero-order chi connectivity index (χ0) is 18.5. The Balaban J connectivity index is 1.42. The Morgan fingerprint density at radius 1 is 1.23 bits per heavy atom. The number of amides is 2. The standard InChI is InChI=1S/C20H29N3O3/c1-3-26-20(25)22-11-8-17(9-12-22)21-19(24)10-13-23-15(2)14-16-6-4-5-7-18(16)23/h4-7,15,17H,3,8-14H2,1-2H3,(H,21,24). The zero-order valence-corrected chi connectivity index (χ0v) is 15.7. The molecule has 1 fully saturated rings. The van der Waals surface area contributed by atoms with Crippen molar-refractivity contribution in [1.29, 1.82) is 0 Å². The highest BCUT2D eigenvalue weighted by atomic mass is 16.6. The zero-order valence-electron chi connectivity index (χ0n) is 15.7. The summed E-state index contributed by atoms with van der Waals surface area (Å²) in [4.78, 5) is 28.1. The van der Waals surface area contributed by atoms with Crippen molar-refractivity contribution in [3.8, 4) is 0 Å². The molecular formula is C20H29N3O3. The molecule has 0 aromatic heterocycles. The van der Waals surface area contributed by atoms with Crippen LogP contribution in [-0.4, -0.2) is 55.2 Å². The molecule has 0 spiro atoms. The van der Waals surface area contributed by atoms with Gasteiger partial charge in [-0.15, -0.1) is 0 Å². The van der Waals surface area contributed by atoms with Gasteiger partial charge in [0.1, 0.15) is 0 Å². The van der Waals surface area contributed by atoms with Gasteiger partial charge in [-0.25, -0.2) is 4.79 Å². The maximum Gasteiger partial charge on any atom is 0.409 e. The number of fused-ring (bicyclic) bond motifs is 1. The second-order valence-corrected chi connectivity index (χ2v) is 7.15. The van der Waals surface area contributed by atoms with Crippen molar-refractivity contribution in [2.75, 3.05) is 31.1 Å². The van der Waals surface area contributed by atoms with Gasteiger partial charge in [0, 0.05) is 43.8 Å². The maximum atomic E-state index is 12.4. The minimum atomic E-state index is -0.251. The van der Waals surface area contributed by atoms with Gasteiger partial charge in [0.2, 0.25) is 5.91 Å². The summed E-state index contributed by atoms with van der Waals surface area (Å²) >= 11 is 0. The molecule has 1 N–H and O–H groups in total. The van der Waals surface area contributed by atoms with Crippen molar-refractivity contribution in [1.82, 2.24) is 10.2 Å². The first kappa shape index (κ1) is 18.5. The van der Waals surface area contributed by atoms with Crippen LogP contribution in [0.25, 0.3) is 0 Å². The molecule has 1 saturated heterocycles. The summed E-state index contributed by atoms with van der Waals surface area (Å²) in [6, 6.07) is 9.03. The fourth-order valence-corrected chi connectivity index (χ4v) is 3.91. The molecule has 0 radical (unpaired) electrons. The summed E-state index contributed by atoms with van der Waals surface area (Å²) < 4.78 is 5.03. The van der Waals surface area contributed by atoms with Crippen LogP contribution in [0.4, 0.5) is 10.5 Å². The number of carbonyl (C=O) groups excluding carboxylic acids is 2. The number of nitrogens with zero attached hydrogens (tertiary/aromatic N) is 2. The molecule has 2 amide bonds. The normalized spacial score (nSPS) is 20.0. The van der Waals surface area contributed by atoms with Gasteiger partial charge in [-0.05, 0) is 44.7 Å². The average Bonchev–Trinajstić information content (AvgIpc) is 2.96. The molecular weight excluding hydrogens is 330 g/mol. The van der Waals surface area contributed by atoms with E-state index in [9.17, 15) is 9.59 Å². The van der Waals surface area contributed by atoms with Gasteiger partial charge in [-0.1, -0.05) is 18.2 Å². The number of anilines is 1. The number of carbonyl (C=O) groups is 2. The minimum absolute atomic E-state index is 0.0937. The highest BCUT2D eigenvalue weighted by molar-refractivity contribution is 5.77. The lowest BCUT2D eigenvalue weighted by molar-refractivity contribution is -0.121. The Morgan fingerprint density at radius 3 is 2.69 bits per heavy atom. The van der Waals surface area contributed by atoms with Crippen LogP contribution in [-0.2, 0) is 16.0 Å². The van der Waals surface area contributed by atoms with Gasteiger partial charge >= 0.3 is 6.09 Å². The molecule has 0 bridgehead atoms. The summed E-state index contributed by atoms with van der Waals surface area (Å²) in [5, 5.41) is 3.13. The molecule has 3 rings (SSSR count). The summed E-state index contributed by atoms with van der Waals surface area (Å²) in [7, 11) is 0. The topological polar surface area (TPSA) is 61.9 Å². The van der Waals surface area contributed by atoms with Gasteiger partial charge in [0.05, 0.1) is 6.61 Å². The average molecular weight is 359 g/mol. The van der Waals surface area contributed by atoms with Gasteiger partial charge < -0.3 is 19.9 Å². The SMILES string of the molecule is CCOC(=O)N1CCC(NC(=O)CCN2c3ccccc3CC2C)CC1. The molecule has 2 aliphatic heterocycles. The first-order valence-corrected chi connectivity index (χ1v) is 9.64. The van der Waals surface area contributed by atoms with Crippen molar-refractivity contribution < 1.29 is 14.3 Å². The molecule has 26 heavy (non-hydrogen) atoms. The Hall–Kier alpha value is -2.24. The first-order chi connectivity index (χ1) is 12.6. The summed E-state index contributed by atoms with van der Waals surface area (Å²) in [5.41, 5.74) is 2.63. The Labute approximate surface area is 155 Å². The van der Waals surface area contributed by atoms with Gasteiger partial charge in [0.25, 0.3) is 0 Å². The Bertz CT molecular complexity index is 641. The van der Waals surface area contributed by atoms with Crippen molar-refractivity contribution in [2.24, 2.45) is 0 Å². The first-order valence-electron chi connectivity index (χ1n) is 9.64. The molecule has 6 heteroatoms. The predicted molar refractivity (Wildman–Crippen MR) is 101 cm³/mol. The van der Waals surface area contributed by atoms with Crippen LogP contribution < -0.4 is 10.2 Å². The minimum Gasteiger partial charge on any atom is -0.450 e. The van der Waals surface area contributed by atoms with E-state index in [-0.39, 0.29) is 18.0 Å². The summed E-state index contributed by atoms with van der Waals surface area (Å²) in [6.07, 6.45) is 2.86. The van der Waals surface area contributed by atoms with Crippen LogP contribution in [0.15, 0.2) is 24.3 Å². The number of ether oxygens (including phenoxy) is 1. The number of piperidine rings is 1. The number of likely N-dealkylation sites (tertiary alicyclic amines) is 1. The van der Waals surface area contributed by atoms with Crippen molar-refractivity contribution in [3.05, 3.63) is 29.8 Å². The van der Waals surface area contributed by atoms with E-state index >= 15 is 0 Å². The second kappa shape index (κ2) is 8.43. The number of rotatable bonds is 5. The number of benzene rings is 1. The van der Waals surface area contributed by atoms with E-state index in [4.69, 9.17) is 4.74 Å². The van der Waals surface area contributed by atoms with E-state index in [1.54, 1.807) is 4.90 Å². The fraction of sp³-hybridized carbons (Fsp3) is 0.600. The molecule has 6 nitrogen and oxygen atoms in total. The molecule has 1 aromatic carbocycles. The number of hydrogen-bond donors (Lipinski definition) is 1. The monoisotopic (exact) mass is 359 g/mol. The largest absolute Gasteiger partial charge is 0.450 e. The maximum absolute atomic E-state index is 12.4. The van der Waals surface area contributed by atoms with Crippen molar-refractivity contribution >= 4 is 17.7 Å².